The van der Waals surface area contributed by atoms with Crippen molar-refractivity contribution in [1.29, 1.82) is 0 Å². The van der Waals surface area contributed by atoms with Crippen LogP contribution in [0, 0.1) is 13.8 Å². The third-order valence-corrected chi connectivity index (χ3v) is 5.55. The van der Waals surface area contributed by atoms with Gasteiger partial charge in [0.2, 0.25) is 0 Å². The Hall–Kier alpha value is -2.14. The van der Waals surface area contributed by atoms with Crippen LogP contribution >= 0.6 is 0 Å². The average molecular weight is 338 g/mol. The molecule has 0 spiro atoms. The third kappa shape index (κ3) is 3.09. The van der Waals surface area contributed by atoms with Crippen molar-refractivity contribution in [2.24, 2.45) is 7.05 Å². The maximum Gasteiger partial charge on any atom is 0.137 e. The molecule has 0 aliphatic carbocycles. The molecule has 0 N–H and O–H groups in total. The summed E-state index contributed by atoms with van der Waals surface area (Å²) in [6.07, 6.45) is 3.46. The van der Waals surface area contributed by atoms with E-state index in [1.54, 1.807) is 0 Å². The molecule has 0 radical (unpaired) electrons. The second-order valence-corrected chi connectivity index (χ2v) is 7.21. The molecule has 0 saturated carbocycles. The Kier molecular flexibility index (Phi) is 4.34. The average Bonchev–Trinajstić information content (AvgIpc) is 3.14. The van der Waals surface area contributed by atoms with E-state index in [0.717, 1.165) is 36.5 Å². The molecular weight excluding hydrogens is 312 g/mol. The Morgan fingerprint density at radius 3 is 2.84 bits per heavy atom. The number of piperidine rings is 1. The van der Waals surface area contributed by atoms with Gasteiger partial charge in [0, 0.05) is 31.6 Å². The van der Waals surface area contributed by atoms with Crippen LogP contribution in [-0.4, -0.2) is 39.2 Å². The van der Waals surface area contributed by atoms with Gasteiger partial charge < -0.3 is 14.0 Å². The molecule has 1 aromatic carbocycles. The predicted molar refractivity (Wildman–Crippen MR) is 98.8 cm³/mol. The zero-order valence-corrected chi connectivity index (χ0v) is 15.3. The molecule has 132 valence electrons. The Bertz CT molecular complexity index is 860. The SMILES string of the molecule is Cc1noc(C)c1CCN1CCCC(c2nc3ccccc3n2C)C1. The number of aromatic nitrogens is 3. The summed E-state index contributed by atoms with van der Waals surface area (Å²) in [5, 5.41) is 4.07. The number of aryl methyl sites for hydroxylation is 3. The molecule has 1 saturated heterocycles. The standard InChI is InChI=1S/C20H26N4O/c1-14-17(15(2)25-22-14)10-12-24-11-6-7-16(13-24)20-21-18-8-4-5-9-19(18)23(20)3/h4-5,8-9,16H,6-7,10-13H2,1-3H3. The zero-order chi connectivity index (χ0) is 17.4. The number of likely N-dealkylation sites (tertiary alicyclic amines) is 1. The molecule has 4 rings (SSSR count). The molecule has 0 bridgehead atoms. The van der Waals surface area contributed by atoms with E-state index in [9.17, 15) is 0 Å². The Balaban J connectivity index is 1.48. The molecule has 1 fully saturated rings. The van der Waals surface area contributed by atoms with Crippen molar-refractivity contribution < 1.29 is 4.52 Å². The van der Waals surface area contributed by atoms with Gasteiger partial charge in [0.15, 0.2) is 0 Å². The number of hydrogen-bond donors (Lipinski definition) is 0. The highest BCUT2D eigenvalue weighted by Gasteiger charge is 2.25. The smallest absolute Gasteiger partial charge is 0.137 e. The fourth-order valence-corrected chi connectivity index (χ4v) is 4.13. The van der Waals surface area contributed by atoms with Crippen molar-refractivity contribution in [1.82, 2.24) is 19.6 Å². The molecule has 3 aromatic rings. The molecule has 1 aliphatic heterocycles. The van der Waals surface area contributed by atoms with Crippen LogP contribution in [0.3, 0.4) is 0 Å². The summed E-state index contributed by atoms with van der Waals surface area (Å²) in [5.41, 5.74) is 4.63. The van der Waals surface area contributed by atoms with Crippen LogP contribution in [0.15, 0.2) is 28.8 Å². The molecule has 2 aromatic heterocycles. The predicted octanol–water partition coefficient (Wildman–Crippen LogP) is 3.60. The summed E-state index contributed by atoms with van der Waals surface area (Å²) in [4.78, 5) is 7.49. The van der Waals surface area contributed by atoms with Gasteiger partial charge in [-0.2, -0.15) is 0 Å². The van der Waals surface area contributed by atoms with Crippen LogP contribution in [0.1, 0.15) is 41.6 Å². The lowest BCUT2D eigenvalue weighted by molar-refractivity contribution is 0.205. The second kappa shape index (κ2) is 6.64. The van der Waals surface area contributed by atoms with E-state index in [0.29, 0.717) is 5.92 Å². The zero-order valence-electron chi connectivity index (χ0n) is 15.3. The van der Waals surface area contributed by atoms with E-state index in [4.69, 9.17) is 9.51 Å². The van der Waals surface area contributed by atoms with Crippen molar-refractivity contribution in [3.63, 3.8) is 0 Å². The van der Waals surface area contributed by atoms with Crippen molar-refractivity contribution in [2.45, 2.75) is 39.0 Å². The number of para-hydroxylation sites is 2. The van der Waals surface area contributed by atoms with Gasteiger partial charge in [0.1, 0.15) is 11.6 Å². The minimum atomic E-state index is 0.510. The van der Waals surface area contributed by atoms with E-state index in [1.165, 1.54) is 36.3 Å². The molecule has 1 unspecified atom stereocenters. The molecule has 25 heavy (non-hydrogen) atoms. The number of benzene rings is 1. The molecule has 3 heterocycles. The van der Waals surface area contributed by atoms with Crippen molar-refractivity contribution >= 4 is 11.0 Å². The highest BCUT2D eigenvalue weighted by molar-refractivity contribution is 5.75. The second-order valence-electron chi connectivity index (χ2n) is 7.21. The van der Waals surface area contributed by atoms with Gasteiger partial charge in [0.25, 0.3) is 0 Å². The molecule has 5 heteroatoms. The van der Waals surface area contributed by atoms with Crippen LogP contribution in [0.4, 0.5) is 0 Å². The highest BCUT2D eigenvalue weighted by Crippen LogP contribution is 2.28. The summed E-state index contributed by atoms with van der Waals surface area (Å²) in [5.74, 6) is 2.69. The van der Waals surface area contributed by atoms with Gasteiger partial charge in [-0.05, 0) is 51.8 Å². The molecule has 1 atom stereocenters. The van der Waals surface area contributed by atoms with Crippen LogP contribution < -0.4 is 0 Å². The Morgan fingerprint density at radius 2 is 2.08 bits per heavy atom. The van der Waals surface area contributed by atoms with Crippen LogP contribution in [0.5, 0.6) is 0 Å². The summed E-state index contributed by atoms with van der Waals surface area (Å²) in [6.45, 7) is 7.35. The van der Waals surface area contributed by atoms with Gasteiger partial charge in [0.05, 0.1) is 16.7 Å². The first kappa shape index (κ1) is 16.3. The Labute approximate surface area is 148 Å². The molecule has 0 amide bonds. The monoisotopic (exact) mass is 338 g/mol. The van der Waals surface area contributed by atoms with Gasteiger partial charge >= 0.3 is 0 Å². The van der Waals surface area contributed by atoms with Gasteiger partial charge in [-0.15, -0.1) is 0 Å². The van der Waals surface area contributed by atoms with Crippen LogP contribution in [0.25, 0.3) is 11.0 Å². The Morgan fingerprint density at radius 1 is 1.24 bits per heavy atom. The largest absolute Gasteiger partial charge is 0.361 e. The van der Waals surface area contributed by atoms with E-state index in [1.807, 2.05) is 13.8 Å². The minimum absolute atomic E-state index is 0.510. The number of fused-ring (bicyclic) bond motifs is 1. The number of rotatable bonds is 4. The lowest BCUT2D eigenvalue weighted by Gasteiger charge is -2.32. The topological polar surface area (TPSA) is 47.1 Å². The summed E-state index contributed by atoms with van der Waals surface area (Å²) in [7, 11) is 2.15. The number of hydrogen-bond acceptors (Lipinski definition) is 4. The van der Waals surface area contributed by atoms with E-state index in [-0.39, 0.29) is 0 Å². The van der Waals surface area contributed by atoms with Gasteiger partial charge in [-0.1, -0.05) is 17.3 Å². The van der Waals surface area contributed by atoms with Crippen LogP contribution in [-0.2, 0) is 13.5 Å². The normalized spacial score (nSPS) is 18.9. The molecule has 5 nitrogen and oxygen atoms in total. The fraction of sp³-hybridized carbons (Fsp3) is 0.500. The minimum Gasteiger partial charge on any atom is -0.361 e. The third-order valence-electron chi connectivity index (χ3n) is 5.55. The van der Waals surface area contributed by atoms with Crippen molar-refractivity contribution in [2.75, 3.05) is 19.6 Å². The first-order valence-corrected chi connectivity index (χ1v) is 9.19. The van der Waals surface area contributed by atoms with Crippen molar-refractivity contribution in [3.8, 4) is 0 Å². The number of imidazole rings is 1. The summed E-state index contributed by atoms with van der Waals surface area (Å²) < 4.78 is 7.57. The fourth-order valence-electron chi connectivity index (χ4n) is 4.13. The van der Waals surface area contributed by atoms with E-state index in [2.05, 4.69) is 45.9 Å². The molecular formula is C20H26N4O. The van der Waals surface area contributed by atoms with Gasteiger partial charge in [-0.25, -0.2) is 4.98 Å². The lowest BCUT2D eigenvalue weighted by atomic mass is 9.96. The first-order chi connectivity index (χ1) is 12.1. The molecule has 1 aliphatic rings. The quantitative estimate of drug-likeness (QED) is 0.729. The summed E-state index contributed by atoms with van der Waals surface area (Å²) in [6, 6.07) is 8.42. The summed E-state index contributed by atoms with van der Waals surface area (Å²) >= 11 is 0. The maximum absolute atomic E-state index is 5.29. The van der Waals surface area contributed by atoms with Crippen LogP contribution in [0.2, 0.25) is 0 Å². The van der Waals surface area contributed by atoms with Gasteiger partial charge in [-0.3, -0.25) is 0 Å². The highest BCUT2D eigenvalue weighted by atomic mass is 16.5. The number of nitrogens with zero attached hydrogens (tertiary/aromatic N) is 4. The van der Waals surface area contributed by atoms with E-state index < -0.39 is 0 Å². The first-order valence-electron chi connectivity index (χ1n) is 9.19. The lowest BCUT2D eigenvalue weighted by Crippen LogP contribution is -2.36. The maximum atomic E-state index is 5.29. The van der Waals surface area contributed by atoms with E-state index >= 15 is 0 Å². The van der Waals surface area contributed by atoms with Crippen molar-refractivity contribution in [3.05, 3.63) is 47.1 Å².